The summed E-state index contributed by atoms with van der Waals surface area (Å²) in [6.07, 6.45) is 1.13. The summed E-state index contributed by atoms with van der Waals surface area (Å²) in [6, 6.07) is 11.9. The summed E-state index contributed by atoms with van der Waals surface area (Å²) < 4.78 is 5.27. The van der Waals surface area contributed by atoms with Gasteiger partial charge in [0, 0.05) is 30.8 Å². The number of benzene rings is 1. The largest absolute Gasteiger partial charge is 0.355 e. The number of likely N-dealkylation sites (tertiary alicyclic amines) is 1. The minimum absolute atomic E-state index is 0.168. The molecule has 0 bridgehead atoms. The molecule has 0 unspecified atom stereocenters. The number of hydrogen-bond donors (Lipinski definition) is 1. The first-order chi connectivity index (χ1) is 11.1. The lowest BCUT2D eigenvalue weighted by molar-refractivity contribution is 0.0938. The maximum atomic E-state index is 12.2. The second-order valence-electron chi connectivity index (χ2n) is 6.40. The van der Waals surface area contributed by atoms with E-state index < -0.39 is 0 Å². The van der Waals surface area contributed by atoms with Gasteiger partial charge in [0.15, 0.2) is 11.5 Å². The van der Waals surface area contributed by atoms with Crippen LogP contribution < -0.4 is 5.32 Å². The second-order valence-corrected chi connectivity index (χ2v) is 6.40. The van der Waals surface area contributed by atoms with E-state index in [0.29, 0.717) is 30.0 Å². The minimum atomic E-state index is -0.168. The van der Waals surface area contributed by atoms with E-state index in [0.717, 1.165) is 25.1 Å². The fourth-order valence-electron chi connectivity index (χ4n) is 2.95. The topological polar surface area (TPSA) is 58.4 Å². The molecule has 2 heterocycles. The van der Waals surface area contributed by atoms with Crippen LogP contribution in [0.1, 0.15) is 30.8 Å². The number of carbonyl (C=O) groups excluding carboxylic acids is 1. The molecule has 1 saturated heterocycles. The van der Waals surface area contributed by atoms with Gasteiger partial charge in [0.25, 0.3) is 5.91 Å². The maximum absolute atomic E-state index is 12.2. The predicted octanol–water partition coefficient (Wildman–Crippen LogP) is 2.80. The van der Waals surface area contributed by atoms with E-state index in [1.807, 2.05) is 30.3 Å². The summed E-state index contributed by atoms with van der Waals surface area (Å²) in [4.78, 5) is 14.7. The van der Waals surface area contributed by atoms with Gasteiger partial charge >= 0.3 is 0 Å². The molecule has 1 aliphatic heterocycles. The van der Waals surface area contributed by atoms with Crippen LogP contribution in [0.25, 0.3) is 11.3 Å². The Balaban J connectivity index is 1.54. The SMILES string of the molecule is CC(C)N1CC[C@H](CNC(=O)c2cc(-c3ccccc3)on2)C1. The van der Waals surface area contributed by atoms with E-state index >= 15 is 0 Å². The third kappa shape index (κ3) is 3.79. The highest BCUT2D eigenvalue weighted by Gasteiger charge is 2.25. The zero-order valence-corrected chi connectivity index (χ0v) is 13.7. The van der Waals surface area contributed by atoms with Crippen LogP contribution in [-0.2, 0) is 0 Å². The number of nitrogens with one attached hydrogen (secondary N) is 1. The van der Waals surface area contributed by atoms with Crippen molar-refractivity contribution in [2.45, 2.75) is 26.3 Å². The number of carbonyl (C=O) groups is 1. The van der Waals surface area contributed by atoms with Gasteiger partial charge in [-0.2, -0.15) is 0 Å². The highest BCUT2D eigenvalue weighted by molar-refractivity contribution is 5.93. The van der Waals surface area contributed by atoms with Gasteiger partial charge in [-0.25, -0.2) is 0 Å². The molecule has 122 valence electrons. The standard InChI is InChI=1S/C18H23N3O2/c1-13(2)21-9-8-14(12-21)11-19-18(22)16-10-17(23-20-16)15-6-4-3-5-7-15/h3-7,10,13-14H,8-9,11-12H2,1-2H3,(H,19,22)/t14-/m1/s1. The molecule has 1 aromatic heterocycles. The minimum Gasteiger partial charge on any atom is -0.355 e. The van der Waals surface area contributed by atoms with Gasteiger partial charge in [0.05, 0.1) is 0 Å². The number of aromatic nitrogens is 1. The molecule has 23 heavy (non-hydrogen) atoms. The Kier molecular flexibility index (Phi) is 4.76. The molecule has 5 heteroatoms. The van der Waals surface area contributed by atoms with Crippen LogP contribution in [0.4, 0.5) is 0 Å². The molecule has 1 aliphatic rings. The summed E-state index contributed by atoms with van der Waals surface area (Å²) in [5, 5.41) is 6.86. The molecule has 0 aliphatic carbocycles. The summed E-state index contributed by atoms with van der Waals surface area (Å²) >= 11 is 0. The van der Waals surface area contributed by atoms with Crippen molar-refractivity contribution in [1.82, 2.24) is 15.4 Å². The quantitative estimate of drug-likeness (QED) is 0.922. The van der Waals surface area contributed by atoms with Crippen LogP contribution in [0.2, 0.25) is 0 Å². The van der Waals surface area contributed by atoms with Gasteiger partial charge in [-0.15, -0.1) is 0 Å². The maximum Gasteiger partial charge on any atom is 0.273 e. The number of rotatable bonds is 5. The third-order valence-corrected chi connectivity index (χ3v) is 4.40. The smallest absolute Gasteiger partial charge is 0.273 e. The van der Waals surface area contributed by atoms with Crippen molar-refractivity contribution in [3.05, 3.63) is 42.1 Å². The van der Waals surface area contributed by atoms with Gasteiger partial charge in [-0.1, -0.05) is 35.5 Å². The Morgan fingerprint density at radius 3 is 2.87 bits per heavy atom. The van der Waals surface area contributed by atoms with E-state index in [4.69, 9.17) is 4.52 Å². The zero-order chi connectivity index (χ0) is 16.2. The van der Waals surface area contributed by atoms with Crippen molar-refractivity contribution >= 4 is 5.91 Å². The van der Waals surface area contributed by atoms with E-state index in [-0.39, 0.29) is 5.91 Å². The van der Waals surface area contributed by atoms with Crippen molar-refractivity contribution in [1.29, 1.82) is 0 Å². The van der Waals surface area contributed by atoms with Crippen molar-refractivity contribution in [3.8, 4) is 11.3 Å². The number of hydrogen-bond acceptors (Lipinski definition) is 4. The molecule has 1 atom stereocenters. The summed E-state index contributed by atoms with van der Waals surface area (Å²) in [7, 11) is 0. The fourth-order valence-corrected chi connectivity index (χ4v) is 2.95. The number of amides is 1. The summed E-state index contributed by atoms with van der Waals surface area (Å²) in [6.45, 7) is 7.27. The molecule has 1 aromatic carbocycles. The Labute approximate surface area is 136 Å². The average molecular weight is 313 g/mol. The van der Waals surface area contributed by atoms with Crippen molar-refractivity contribution in [3.63, 3.8) is 0 Å². The molecule has 0 saturated carbocycles. The molecule has 5 nitrogen and oxygen atoms in total. The molecule has 1 N–H and O–H groups in total. The Bertz CT molecular complexity index is 651. The monoisotopic (exact) mass is 313 g/mol. The molecule has 1 amide bonds. The normalized spacial score (nSPS) is 18.5. The lowest BCUT2D eigenvalue weighted by Crippen LogP contribution is -2.33. The van der Waals surface area contributed by atoms with Crippen LogP contribution in [0.15, 0.2) is 40.9 Å². The van der Waals surface area contributed by atoms with Crippen molar-refractivity contribution < 1.29 is 9.32 Å². The van der Waals surface area contributed by atoms with Crippen LogP contribution >= 0.6 is 0 Å². The highest BCUT2D eigenvalue weighted by atomic mass is 16.5. The van der Waals surface area contributed by atoms with Crippen LogP contribution in [0, 0.1) is 5.92 Å². The van der Waals surface area contributed by atoms with E-state index in [2.05, 4.69) is 29.2 Å². The van der Waals surface area contributed by atoms with Crippen LogP contribution in [-0.4, -0.2) is 41.6 Å². The van der Waals surface area contributed by atoms with Crippen molar-refractivity contribution in [2.75, 3.05) is 19.6 Å². The highest BCUT2D eigenvalue weighted by Crippen LogP contribution is 2.20. The molecule has 1 fully saturated rings. The van der Waals surface area contributed by atoms with E-state index in [1.165, 1.54) is 0 Å². The number of nitrogens with zero attached hydrogens (tertiary/aromatic N) is 2. The van der Waals surface area contributed by atoms with E-state index in [1.54, 1.807) is 6.07 Å². The van der Waals surface area contributed by atoms with E-state index in [9.17, 15) is 4.79 Å². The molecule has 0 spiro atoms. The van der Waals surface area contributed by atoms with Gasteiger partial charge in [-0.05, 0) is 32.7 Å². The Hall–Kier alpha value is -2.14. The molecule has 2 aromatic rings. The molecule has 3 rings (SSSR count). The summed E-state index contributed by atoms with van der Waals surface area (Å²) in [5.41, 5.74) is 1.25. The van der Waals surface area contributed by atoms with Gasteiger partial charge in [-0.3, -0.25) is 4.79 Å². The third-order valence-electron chi connectivity index (χ3n) is 4.40. The second kappa shape index (κ2) is 6.96. The van der Waals surface area contributed by atoms with Gasteiger partial charge in [0.2, 0.25) is 0 Å². The van der Waals surface area contributed by atoms with Crippen LogP contribution in [0.3, 0.4) is 0 Å². The predicted molar refractivity (Wildman–Crippen MR) is 89.1 cm³/mol. The van der Waals surface area contributed by atoms with Crippen LogP contribution in [0.5, 0.6) is 0 Å². The average Bonchev–Trinajstić information content (AvgIpc) is 3.23. The Morgan fingerprint density at radius 1 is 1.39 bits per heavy atom. The first kappa shape index (κ1) is 15.7. The Morgan fingerprint density at radius 2 is 2.17 bits per heavy atom. The summed E-state index contributed by atoms with van der Waals surface area (Å²) in [5.74, 6) is 0.961. The van der Waals surface area contributed by atoms with Gasteiger partial charge in [0.1, 0.15) is 0 Å². The molecular weight excluding hydrogens is 290 g/mol. The lowest BCUT2D eigenvalue weighted by Gasteiger charge is -2.20. The first-order valence-corrected chi connectivity index (χ1v) is 8.18. The lowest BCUT2D eigenvalue weighted by atomic mass is 10.1. The van der Waals surface area contributed by atoms with Gasteiger partial charge < -0.3 is 14.7 Å². The zero-order valence-electron chi connectivity index (χ0n) is 13.7. The first-order valence-electron chi connectivity index (χ1n) is 8.18. The molecule has 0 radical (unpaired) electrons. The molecular formula is C18H23N3O2. The van der Waals surface area contributed by atoms with Crippen molar-refractivity contribution in [2.24, 2.45) is 5.92 Å². The fraction of sp³-hybridized carbons (Fsp3) is 0.444.